The van der Waals surface area contributed by atoms with Gasteiger partial charge in [0.15, 0.2) is 11.6 Å². The van der Waals surface area contributed by atoms with Gasteiger partial charge in [0.25, 0.3) is 0 Å². The van der Waals surface area contributed by atoms with Crippen molar-refractivity contribution in [2.45, 2.75) is 13.0 Å². The maximum absolute atomic E-state index is 14.0. The lowest BCUT2D eigenvalue weighted by atomic mass is 9.96. The van der Waals surface area contributed by atoms with Gasteiger partial charge >= 0.3 is 6.09 Å². The molecule has 0 aliphatic heterocycles. The number of phenols is 1. The Labute approximate surface area is 204 Å². The van der Waals surface area contributed by atoms with Crippen LogP contribution >= 0.6 is 15.9 Å². The van der Waals surface area contributed by atoms with Crippen molar-refractivity contribution in [2.75, 3.05) is 16.4 Å². The van der Waals surface area contributed by atoms with E-state index >= 15 is 0 Å². The van der Waals surface area contributed by atoms with Crippen molar-refractivity contribution in [3.63, 3.8) is 0 Å². The molecule has 0 unspecified atom stereocenters. The van der Waals surface area contributed by atoms with E-state index in [0.29, 0.717) is 22.6 Å². The molecule has 34 heavy (non-hydrogen) atoms. The van der Waals surface area contributed by atoms with Gasteiger partial charge in [-0.15, -0.1) is 0 Å². The molecule has 3 aromatic rings. The van der Waals surface area contributed by atoms with Gasteiger partial charge in [0.2, 0.25) is 5.91 Å². The van der Waals surface area contributed by atoms with Crippen LogP contribution in [0.5, 0.6) is 5.75 Å². The van der Waals surface area contributed by atoms with Crippen LogP contribution < -0.4 is 16.4 Å². The summed E-state index contributed by atoms with van der Waals surface area (Å²) in [5, 5.41) is 14.8. The van der Waals surface area contributed by atoms with Crippen LogP contribution in [0.2, 0.25) is 0 Å². The van der Waals surface area contributed by atoms with E-state index in [1.165, 1.54) is 24.3 Å². The topological polar surface area (TPSA) is 114 Å². The number of nitrogen functional groups attached to an aromatic ring is 1. The lowest BCUT2D eigenvalue weighted by molar-refractivity contribution is -0.111. The Hall–Kier alpha value is -3.85. The molecular formula is C25H23BrFN3O4. The number of ether oxygens (including phenoxy) is 1. The summed E-state index contributed by atoms with van der Waals surface area (Å²) in [7, 11) is 0. The number of rotatable bonds is 7. The highest BCUT2D eigenvalue weighted by molar-refractivity contribution is 9.10. The van der Waals surface area contributed by atoms with Crippen LogP contribution in [0, 0.1) is 11.7 Å². The summed E-state index contributed by atoms with van der Waals surface area (Å²) in [6, 6.07) is 17.4. The highest BCUT2D eigenvalue weighted by atomic mass is 79.9. The molecule has 0 aliphatic carbocycles. The number of para-hydroxylation sites is 2. The average molecular weight is 528 g/mol. The molecule has 2 amide bonds. The number of nitrogens with one attached hydrogen (secondary N) is 2. The normalized spacial score (nSPS) is 12.7. The van der Waals surface area contributed by atoms with E-state index < -0.39 is 35.6 Å². The monoisotopic (exact) mass is 527 g/mol. The van der Waals surface area contributed by atoms with E-state index in [9.17, 15) is 19.1 Å². The highest BCUT2D eigenvalue weighted by Crippen LogP contribution is 2.30. The maximum Gasteiger partial charge on any atom is 0.412 e. The van der Waals surface area contributed by atoms with Gasteiger partial charge in [-0.05, 0) is 60.2 Å². The second-order valence-electron chi connectivity index (χ2n) is 7.46. The van der Waals surface area contributed by atoms with Gasteiger partial charge < -0.3 is 20.9 Å². The van der Waals surface area contributed by atoms with Crippen LogP contribution in [-0.4, -0.2) is 17.1 Å². The van der Waals surface area contributed by atoms with Crippen molar-refractivity contribution in [3.8, 4) is 5.75 Å². The summed E-state index contributed by atoms with van der Waals surface area (Å²) in [5.41, 5.74) is 7.54. The van der Waals surface area contributed by atoms with Crippen molar-refractivity contribution < 1.29 is 23.8 Å². The molecule has 0 radical (unpaired) electrons. The van der Waals surface area contributed by atoms with Gasteiger partial charge in [0, 0.05) is 16.1 Å². The zero-order valence-corrected chi connectivity index (χ0v) is 19.8. The Balaban J connectivity index is 1.76. The summed E-state index contributed by atoms with van der Waals surface area (Å²) in [6.45, 7) is 1.71. The summed E-state index contributed by atoms with van der Waals surface area (Å²) in [4.78, 5) is 24.9. The van der Waals surface area contributed by atoms with Crippen LogP contribution in [0.25, 0.3) is 0 Å². The third-order valence-electron chi connectivity index (χ3n) is 4.87. The van der Waals surface area contributed by atoms with Crippen molar-refractivity contribution in [2.24, 2.45) is 5.92 Å². The summed E-state index contributed by atoms with van der Waals surface area (Å²) in [5.74, 6) is -2.34. The SMILES string of the molecule is C[C@@H](/C=C/C(=O)Nc1ccccc1N)[C@H](OC(=O)Nc1ccc(Br)cc1)c1ccc(O)c(F)c1. The third-order valence-corrected chi connectivity index (χ3v) is 5.40. The van der Waals surface area contributed by atoms with Gasteiger partial charge in [-0.2, -0.15) is 0 Å². The molecule has 0 saturated heterocycles. The summed E-state index contributed by atoms with van der Waals surface area (Å²) >= 11 is 3.32. The number of carbonyl (C=O) groups is 2. The molecule has 7 nitrogen and oxygen atoms in total. The number of nitrogens with two attached hydrogens (primary N) is 1. The van der Waals surface area contributed by atoms with Gasteiger partial charge in [0.05, 0.1) is 11.4 Å². The predicted molar refractivity (Wildman–Crippen MR) is 133 cm³/mol. The van der Waals surface area contributed by atoms with Crippen molar-refractivity contribution in [3.05, 3.63) is 94.7 Å². The van der Waals surface area contributed by atoms with Gasteiger partial charge in [-0.25, -0.2) is 9.18 Å². The van der Waals surface area contributed by atoms with E-state index in [2.05, 4.69) is 26.6 Å². The molecule has 0 fully saturated rings. The molecule has 0 saturated carbocycles. The molecule has 0 spiro atoms. The number of benzene rings is 3. The fourth-order valence-electron chi connectivity index (χ4n) is 3.10. The van der Waals surface area contributed by atoms with Crippen molar-refractivity contribution in [1.82, 2.24) is 0 Å². The number of hydrogen-bond acceptors (Lipinski definition) is 5. The van der Waals surface area contributed by atoms with Crippen LogP contribution in [0.1, 0.15) is 18.6 Å². The first kappa shape index (κ1) is 24.8. The van der Waals surface area contributed by atoms with E-state index in [1.807, 2.05) is 0 Å². The largest absolute Gasteiger partial charge is 0.505 e. The fraction of sp³-hybridized carbons (Fsp3) is 0.120. The lowest BCUT2D eigenvalue weighted by Crippen LogP contribution is -2.21. The van der Waals surface area contributed by atoms with E-state index in [0.717, 1.165) is 10.5 Å². The zero-order valence-electron chi connectivity index (χ0n) is 18.2. The first-order chi connectivity index (χ1) is 16.2. The smallest absolute Gasteiger partial charge is 0.412 e. The first-order valence-corrected chi connectivity index (χ1v) is 11.1. The molecule has 0 heterocycles. The zero-order chi connectivity index (χ0) is 24.7. The van der Waals surface area contributed by atoms with E-state index in [-0.39, 0.29) is 0 Å². The average Bonchev–Trinajstić information content (AvgIpc) is 2.81. The fourth-order valence-corrected chi connectivity index (χ4v) is 3.36. The maximum atomic E-state index is 14.0. The standard InChI is InChI=1S/C25H23BrFN3O4/c1-15(6-13-23(32)30-21-5-3-2-4-20(21)28)24(16-7-12-22(31)19(27)14-16)34-25(33)29-18-10-8-17(26)9-11-18/h2-15,24,31H,28H2,1H3,(H,29,33)(H,30,32)/b13-6+/t15-,24-/m0/s1. The molecule has 176 valence electrons. The van der Waals surface area contributed by atoms with Gasteiger partial charge in [-0.1, -0.05) is 47.1 Å². The van der Waals surface area contributed by atoms with E-state index in [1.54, 1.807) is 55.5 Å². The number of phenolic OH excluding ortho intramolecular Hbond substituents is 1. The first-order valence-electron chi connectivity index (χ1n) is 10.3. The molecule has 3 aromatic carbocycles. The quantitative estimate of drug-likeness (QED) is 0.222. The minimum absolute atomic E-state index is 0.311. The van der Waals surface area contributed by atoms with E-state index in [4.69, 9.17) is 10.5 Å². The van der Waals surface area contributed by atoms with Crippen LogP contribution in [0.3, 0.4) is 0 Å². The second kappa shape index (κ2) is 11.3. The van der Waals surface area contributed by atoms with Crippen molar-refractivity contribution in [1.29, 1.82) is 0 Å². The number of hydrogen-bond donors (Lipinski definition) is 4. The van der Waals surface area contributed by atoms with Gasteiger partial charge in [0.1, 0.15) is 6.10 Å². The highest BCUT2D eigenvalue weighted by Gasteiger charge is 2.24. The molecule has 0 bridgehead atoms. The lowest BCUT2D eigenvalue weighted by Gasteiger charge is -2.23. The Kier molecular flexibility index (Phi) is 8.26. The van der Waals surface area contributed by atoms with Crippen LogP contribution in [0.4, 0.5) is 26.2 Å². The molecule has 9 heteroatoms. The molecule has 0 aromatic heterocycles. The molecule has 2 atom stereocenters. The second-order valence-corrected chi connectivity index (χ2v) is 8.38. The minimum atomic E-state index is -0.948. The number of amides is 2. The molecule has 0 aliphatic rings. The van der Waals surface area contributed by atoms with Crippen LogP contribution in [-0.2, 0) is 9.53 Å². The summed E-state index contributed by atoms with van der Waals surface area (Å²) < 4.78 is 20.4. The number of carbonyl (C=O) groups excluding carboxylic acids is 2. The number of halogens is 2. The Morgan fingerprint density at radius 1 is 1.09 bits per heavy atom. The Morgan fingerprint density at radius 2 is 1.79 bits per heavy atom. The van der Waals surface area contributed by atoms with Crippen molar-refractivity contribution >= 4 is 45.0 Å². The van der Waals surface area contributed by atoms with Gasteiger partial charge in [-0.3, -0.25) is 10.1 Å². The number of aromatic hydroxyl groups is 1. The Bertz CT molecular complexity index is 1200. The molecule has 5 N–H and O–H groups in total. The molecule has 3 rings (SSSR count). The predicted octanol–water partition coefficient (Wildman–Crippen LogP) is 6.00. The molecular weight excluding hydrogens is 505 g/mol. The van der Waals surface area contributed by atoms with Crippen LogP contribution in [0.15, 0.2) is 83.4 Å². The third kappa shape index (κ3) is 6.82. The Morgan fingerprint density at radius 3 is 2.47 bits per heavy atom. The summed E-state index contributed by atoms with van der Waals surface area (Å²) in [6.07, 6.45) is 1.12. The number of anilines is 3. The minimum Gasteiger partial charge on any atom is -0.505 e.